The van der Waals surface area contributed by atoms with Crippen molar-refractivity contribution in [2.24, 2.45) is 0 Å². The van der Waals surface area contributed by atoms with Crippen molar-refractivity contribution in [3.05, 3.63) is 17.5 Å². The second-order valence-corrected chi connectivity index (χ2v) is 6.05. The molecule has 0 unspecified atom stereocenters. The Morgan fingerprint density at radius 2 is 1.71 bits per heavy atom. The number of carbonyl (C=O) groups excluding carboxylic acids is 1. The topological polar surface area (TPSA) is 107 Å². The Kier molecular flexibility index (Phi) is 10.3. The predicted octanol–water partition coefficient (Wildman–Crippen LogP) is 3.34. The highest BCUT2D eigenvalue weighted by Gasteiger charge is 2.08. The first kappa shape index (κ1) is 20.0. The predicted molar refractivity (Wildman–Crippen MR) is 96.5 cm³/mol. The number of aromatic nitrogens is 2. The highest BCUT2D eigenvalue weighted by Crippen LogP contribution is 2.10. The van der Waals surface area contributed by atoms with Crippen molar-refractivity contribution < 1.29 is 9.52 Å². The number of anilines is 2. The quantitative estimate of drug-likeness (QED) is 0.309. The first-order valence-electron chi connectivity index (χ1n) is 9.04. The molecule has 7 heteroatoms. The van der Waals surface area contributed by atoms with Gasteiger partial charge < -0.3 is 16.3 Å². The van der Waals surface area contributed by atoms with E-state index in [4.69, 9.17) is 5.73 Å². The van der Waals surface area contributed by atoms with Crippen molar-refractivity contribution in [3.8, 4) is 0 Å². The maximum Gasteiger partial charge on any atom is 0.363 e. The molecule has 0 saturated carbocycles. The van der Waals surface area contributed by atoms with E-state index >= 15 is 0 Å². The van der Waals surface area contributed by atoms with E-state index in [0.717, 1.165) is 12.8 Å². The van der Waals surface area contributed by atoms with E-state index in [1.165, 1.54) is 63.6 Å². The van der Waals surface area contributed by atoms with E-state index in [1.807, 2.05) is 0 Å². The van der Waals surface area contributed by atoms with E-state index in [2.05, 4.69) is 22.5 Å². The van der Waals surface area contributed by atoms with Gasteiger partial charge in [0, 0.05) is 12.6 Å². The standard InChI is InChI=1S/C17H31N5O2/c1-2-3-4-5-6-7-8-9-10-11-13-20-17(23)21-15-12-14-19-16(18)22(15)24/h12,14H,2-11,13H2,1H3,(H2,18,19)(H2,20,21,23). The maximum atomic E-state index is 11.7. The third kappa shape index (κ3) is 8.55. The zero-order valence-corrected chi connectivity index (χ0v) is 14.7. The molecule has 0 saturated heterocycles. The minimum Gasteiger partial charge on any atom is -0.754 e. The van der Waals surface area contributed by atoms with Gasteiger partial charge in [0.2, 0.25) is 5.82 Å². The van der Waals surface area contributed by atoms with Crippen molar-refractivity contribution in [3.63, 3.8) is 0 Å². The zero-order valence-electron chi connectivity index (χ0n) is 14.7. The van der Waals surface area contributed by atoms with Gasteiger partial charge in [-0.3, -0.25) is 0 Å². The minimum absolute atomic E-state index is 0.0723. The average molecular weight is 337 g/mol. The summed E-state index contributed by atoms with van der Waals surface area (Å²) >= 11 is 0. The molecule has 0 spiro atoms. The molecule has 0 aromatic carbocycles. The number of nitrogens with two attached hydrogens (primary N) is 1. The Morgan fingerprint density at radius 1 is 1.12 bits per heavy atom. The molecule has 0 aliphatic carbocycles. The molecular formula is C17H31N5O2. The van der Waals surface area contributed by atoms with Crippen molar-refractivity contribution >= 4 is 17.8 Å². The molecule has 7 nitrogen and oxygen atoms in total. The van der Waals surface area contributed by atoms with Crippen LogP contribution < -0.4 is 21.1 Å². The molecule has 1 aromatic rings. The summed E-state index contributed by atoms with van der Waals surface area (Å²) in [5, 5.41) is 16.8. The van der Waals surface area contributed by atoms with Gasteiger partial charge in [-0.1, -0.05) is 64.7 Å². The monoisotopic (exact) mass is 337 g/mol. The number of urea groups is 1. The fourth-order valence-corrected chi connectivity index (χ4v) is 2.50. The first-order chi connectivity index (χ1) is 11.6. The van der Waals surface area contributed by atoms with Gasteiger partial charge in [-0.25, -0.2) is 14.8 Å². The number of amides is 2. The lowest BCUT2D eigenvalue weighted by atomic mass is 10.1. The number of nitrogen functional groups attached to an aromatic ring is 1. The van der Waals surface area contributed by atoms with Gasteiger partial charge in [-0.15, -0.1) is 4.98 Å². The molecule has 1 rings (SSSR count). The number of nitrogens with one attached hydrogen (secondary N) is 2. The largest absolute Gasteiger partial charge is 0.754 e. The summed E-state index contributed by atoms with van der Waals surface area (Å²) in [4.78, 5) is 15.3. The second kappa shape index (κ2) is 12.4. The molecule has 0 radical (unpaired) electrons. The number of unbranched alkanes of at least 4 members (excludes halogenated alkanes) is 9. The lowest BCUT2D eigenvalue weighted by Crippen LogP contribution is -2.39. The molecule has 0 bridgehead atoms. The molecule has 1 heterocycles. The summed E-state index contributed by atoms with van der Waals surface area (Å²) in [5.74, 6) is -0.120. The fraction of sp³-hybridized carbons (Fsp3) is 0.706. The lowest BCUT2D eigenvalue weighted by Gasteiger charge is -2.12. The van der Waals surface area contributed by atoms with Crippen LogP contribution in [0.1, 0.15) is 71.1 Å². The summed E-state index contributed by atoms with van der Waals surface area (Å²) in [7, 11) is 0. The number of hydrogen-bond acceptors (Lipinski definition) is 4. The van der Waals surface area contributed by atoms with Gasteiger partial charge in [0.15, 0.2) is 0 Å². The smallest absolute Gasteiger partial charge is 0.363 e. The van der Waals surface area contributed by atoms with E-state index in [1.54, 1.807) is 0 Å². The van der Waals surface area contributed by atoms with E-state index in [-0.39, 0.29) is 11.8 Å². The lowest BCUT2D eigenvalue weighted by molar-refractivity contribution is -0.577. The van der Waals surface area contributed by atoms with Crippen LogP contribution in [-0.4, -0.2) is 17.6 Å². The van der Waals surface area contributed by atoms with Crippen LogP contribution in [0.5, 0.6) is 0 Å². The van der Waals surface area contributed by atoms with Gasteiger partial charge in [0.05, 0.1) is 6.20 Å². The van der Waals surface area contributed by atoms with Crippen molar-refractivity contribution in [2.75, 3.05) is 17.6 Å². The molecule has 0 aliphatic rings. The van der Waals surface area contributed by atoms with Gasteiger partial charge in [-0.05, 0) is 6.42 Å². The Morgan fingerprint density at radius 3 is 2.33 bits per heavy atom. The molecule has 24 heavy (non-hydrogen) atoms. The third-order valence-electron chi connectivity index (χ3n) is 3.92. The Labute approximate surface area is 144 Å². The van der Waals surface area contributed by atoms with Crippen LogP contribution in [0.25, 0.3) is 0 Å². The summed E-state index contributed by atoms with van der Waals surface area (Å²) in [6.07, 6.45) is 13.9. The highest BCUT2D eigenvalue weighted by atomic mass is 16.5. The molecule has 0 fully saturated rings. The Balaban J connectivity index is 1.99. The van der Waals surface area contributed by atoms with Crippen molar-refractivity contribution in [2.45, 2.75) is 71.1 Å². The van der Waals surface area contributed by atoms with Crippen LogP contribution in [0.15, 0.2) is 12.3 Å². The summed E-state index contributed by atoms with van der Waals surface area (Å²) < 4.78 is 0.389. The normalized spacial score (nSPS) is 10.5. The van der Waals surface area contributed by atoms with Gasteiger partial charge >= 0.3 is 12.0 Å². The number of carbonyl (C=O) groups is 1. The van der Waals surface area contributed by atoms with E-state index < -0.39 is 6.03 Å². The Hall–Kier alpha value is -2.05. The van der Waals surface area contributed by atoms with Crippen LogP contribution in [0.4, 0.5) is 16.6 Å². The first-order valence-corrected chi connectivity index (χ1v) is 9.04. The SMILES string of the molecule is CCCCCCCCCCCCNC(=O)Nc1ccnc(N)[n+]1[O-]. The van der Waals surface area contributed by atoms with Crippen LogP contribution >= 0.6 is 0 Å². The van der Waals surface area contributed by atoms with Crippen LogP contribution in [-0.2, 0) is 0 Å². The third-order valence-corrected chi connectivity index (χ3v) is 3.92. The van der Waals surface area contributed by atoms with E-state index in [9.17, 15) is 10.0 Å². The summed E-state index contributed by atoms with van der Waals surface area (Å²) in [6, 6.07) is 1.00. The number of nitrogens with zero attached hydrogens (tertiary/aromatic N) is 2. The molecule has 4 N–H and O–H groups in total. The number of hydrogen-bond donors (Lipinski definition) is 3. The summed E-state index contributed by atoms with van der Waals surface area (Å²) in [6.45, 7) is 2.83. The zero-order chi connectivity index (χ0) is 17.6. The second-order valence-electron chi connectivity index (χ2n) is 6.05. The summed E-state index contributed by atoms with van der Waals surface area (Å²) in [5.41, 5.74) is 5.38. The van der Waals surface area contributed by atoms with Crippen molar-refractivity contribution in [1.82, 2.24) is 10.3 Å². The number of rotatable bonds is 12. The van der Waals surface area contributed by atoms with Crippen molar-refractivity contribution in [1.29, 1.82) is 0 Å². The average Bonchev–Trinajstić information content (AvgIpc) is 2.57. The fourth-order valence-electron chi connectivity index (χ4n) is 2.50. The Bertz CT molecular complexity index is 482. The molecular weight excluding hydrogens is 306 g/mol. The van der Waals surface area contributed by atoms with Gasteiger partial charge in [0.25, 0.3) is 0 Å². The molecule has 0 aliphatic heterocycles. The molecule has 1 aromatic heterocycles. The van der Waals surface area contributed by atoms with Crippen LogP contribution in [0.2, 0.25) is 0 Å². The van der Waals surface area contributed by atoms with Crippen LogP contribution in [0.3, 0.4) is 0 Å². The molecule has 2 amide bonds. The highest BCUT2D eigenvalue weighted by molar-refractivity contribution is 5.87. The minimum atomic E-state index is -0.402. The van der Waals surface area contributed by atoms with Gasteiger partial charge in [0.1, 0.15) is 0 Å². The van der Waals surface area contributed by atoms with Gasteiger partial charge in [-0.2, -0.15) is 0 Å². The van der Waals surface area contributed by atoms with Crippen LogP contribution in [0, 0.1) is 5.21 Å². The van der Waals surface area contributed by atoms with E-state index in [0.29, 0.717) is 11.3 Å². The molecule has 0 atom stereocenters. The maximum absolute atomic E-state index is 11.7. The molecule has 136 valence electrons.